The van der Waals surface area contributed by atoms with Gasteiger partial charge in [0.15, 0.2) is 0 Å². The molecule has 2 rings (SSSR count). The van der Waals surface area contributed by atoms with Crippen LogP contribution in [0.1, 0.15) is 30.6 Å². The van der Waals surface area contributed by atoms with E-state index in [1.165, 1.54) is 11.1 Å². The summed E-state index contributed by atoms with van der Waals surface area (Å²) >= 11 is 7.44. The zero-order chi connectivity index (χ0) is 13.2. The normalized spacial score (nSPS) is 25.2. The van der Waals surface area contributed by atoms with Crippen molar-refractivity contribution in [2.24, 2.45) is 0 Å². The molecular formula is C12H18ClNO2S2. The Morgan fingerprint density at radius 3 is 2.83 bits per heavy atom. The van der Waals surface area contributed by atoms with E-state index in [2.05, 4.69) is 5.32 Å². The molecule has 1 heterocycles. The van der Waals surface area contributed by atoms with Crippen LogP contribution in [-0.2, 0) is 16.4 Å². The summed E-state index contributed by atoms with van der Waals surface area (Å²) in [5, 5.41) is 3.27. The third-order valence-electron chi connectivity index (χ3n) is 3.43. The predicted molar refractivity (Wildman–Crippen MR) is 77.1 cm³/mol. The van der Waals surface area contributed by atoms with E-state index < -0.39 is 9.84 Å². The largest absolute Gasteiger partial charge is 0.309 e. The number of halogens is 1. The highest BCUT2D eigenvalue weighted by Crippen LogP contribution is 2.25. The average Bonchev–Trinajstić information content (AvgIpc) is 2.72. The van der Waals surface area contributed by atoms with Crippen LogP contribution in [0.5, 0.6) is 0 Å². The fourth-order valence-electron chi connectivity index (χ4n) is 2.41. The van der Waals surface area contributed by atoms with Crippen LogP contribution in [0.15, 0.2) is 12.1 Å². The predicted octanol–water partition coefficient (Wildman–Crippen LogP) is 2.85. The highest BCUT2D eigenvalue weighted by molar-refractivity contribution is 7.91. The lowest BCUT2D eigenvalue weighted by atomic mass is 9.95. The molecule has 1 fully saturated rings. The maximum atomic E-state index is 11.6. The Kier molecular flexibility index (Phi) is 4.69. The first-order valence-electron chi connectivity index (χ1n) is 6.11. The summed E-state index contributed by atoms with van der Waals surface area (Å²) < 4.78 is 23.9. The molecule has 0 bridgehead atoms. The Bertz CT molecular complexity index is 498. The summed E-state index contributed by atoms with van der Waals surface area (Å²) in [5.41, 5.74) is 0. The Labute approximate surface area is 117 Å². The molecule has 0 aromatic carbocycles. The van der Waals surface area contributed by atoms with Gasteiger partial charge in [-0.2, -0.15) is 0 Å². The highest BCUT2D eigenvalue weighted by atomic mass is 35.5. The molecule has 2 unspecified atom stereocenters. The SMILES string of the molecule is CS(=O)(=O)C1CCCC(NCc2ccc(Cl)s2)C1. The zero-order valence-corrected chi connectivity index (χ0v) is 12.7. The molecule has 0 saturated heterocycles. The minimum Gasteiger partial charge on any atom is -0.309 e. The molecule has 1 aromatic heterocycles. The van der Waals surface area contributed by atoms with Gasteiger partial charge in [-0.1, -0.05) is 18.0 Å². The lowest BCUT2D eigenvalue weighted by molar-refractivity contribution is 0.372. The average molecular weight is 308 g/mol. The molecule has 1 N–H and O–H groups in total. The molecule has 6 heteroatoms. The van der Waals surface area contributed by atoms with Crippen molar-refractivity contribution in [3.8, 4) is 0 Å². The fourth-order valence-corrected chi connectivity index (χ4v) is 4.63. The highest BCUT2D eigenvalue weighted by Gasteiger charge is 2.28. The third kappa shape index (κ3) is 3.95. The number of thiophene rings is 1. The Morgan fingerprint density at radius 2 is 2.22 bits per heavy atom. The van der Waals surface area contributed by atoms with E-state index in [4.69, 9.17) is 11.6 Å². The molecule has 0 aliphatic heterocycles. The number of sulfone groups is 1. The Morgan fingerprint density at radius 1 is 1.44 bits per heavy atom. The van der Waals surface area contributed by atoms with E-state index in [0.717, 1.165) is 36.6 Å². The summed E-state index contributed by atoms with van der Waals surface area (Å²) in [5.74, 6) is 0. The van der Waals surface area contributed by atoms with Gasteiger partial charge in [-0.15, -0.1) is 11.3 Å². The van der Waals surface area contributed by atoms with Gasteiger partial charge in [0.2, 0.25) is 0 Å². The fraction of sp³-hybridized carbons (Fsp3) is 0.667. The topological polar surface area (TPSA) is 46.2 Å². The first-order chi connectivity index (χ1) is 8.45. The first kappa shape index (κ1) is 14.3. The summed E-state index contributed by atoms with van der Waals surface area (Å²) in [6, 6.07) is 4.21. The van der Waals surface area contributed by atoms with E-state index in [-0.39, 0.29) is 5.25 Å². The van der Waals surface area contributed by atoms with Crippen LogP contribution in [-0.4, -0.2) is 26.0 Å². The van der Waals surface area contributed by atoms with Gasteiger partial charge in [-0.25, -0.2) is 8.42 Å². The zero-order valence-electron chi connectivity index (χ0n) is 10.4. The van der Waals surface area contributed by atoms with Crippen molar-refractivity contribution in [1.29, 1.82) is 0 Å². The molecule has 0 amide bonds. The van der Waals surface area contributed by atoms with Crippen molar-refractivity contribution >= 4 is 32.8 Å². The molecule has 0 spiro atoms. The van der Waals surface area contributed by atoms with E-state index in [1.54, 1.807) is 11.3 Å². The van der Waals surface area contributed by atoms with Crippen LogP contribution < -0.4 is 5.32 Å². The molecule has 1 aromatic rings. The second kappa shape index (κ2) is 5.90. The van der Waals surface area contributed by atoms with Crippen molar-refractivity contribution in [2.45, 2.75) is 43.5 Å². The second-order valence-corrected chi connectivity index (χ2v) is 9.03. The maximum absolute atomic E-state index is 11.6. The number of hydrogen-bond acceptors (Lipinski definition) is 4. The molecule has 1 aliphatic carbocycles. The lowest BCUT2D eigenvalue weighted by Gasteiger charge is -2.28. The monoisotopic (exact) mass is 307 g/mol. The van der Waals surface area contributed by atoms with Gasteiger partial charge in [0.25, 0.3) is 0 Å². The smallest absolute Gasteiger partial charge is 0.150 e. The van der Waals surface area contributed by atoms with Gasteiger partial charge in [-0.3, -0.25) is 0 Å². The van der Waals surface area contributed by atoms with Crippen LogP contribution in [0.3, 0.4) is 0 Å². The van der Waals surface area contributed by atoms with E-state index in [9.17, 15) is 8.42 Å². The molecule has 2 atom stereocenters. The van der Waals surface area contributed by atoms with Gasteiger partial charge < -0.3 is 5.32 Å². The summed E-state index contributed by atoms with van der Waals surface area (Å²) in [6.07, 6.45) is 4.94. The molecule has 0 radical (unpaired) electrons. The van der Waals surface area contributed by atoms with E-state index in [1.807, 2.05) is 12.1 Å². The molecule has 1 saturated carbocycles. The quantitative estimate of drug-likeness (QED) is 0.930. The van der Waals surface area contributed by atoms with Crippen molar-refractivity contribution in [2.75, 3.05) is 6.26 Å². The summed E-state index contributed by atoms with van der Waals surface area (Å²) in [7, 11) is -2.90. The second-order valence-electron chi connectivity index (χ2n) is 4.90. The van der Waals surface area contributed by atoms with Crippen LogP contribution >= 0.6 is 22.9 Å². The van der Waals surface area contributed by atoms with Gasteiger partial charge >= 0.3 is 0 Å². The van der Waals surface area contributed by atoms with Crippen molar-refractivity contribution < 1.29 is 8.42 Å². The van der Waals surface area contributed by atoms with Crippen LogP contribution in [0.25, 0.3) is 0 Å². The molecule has 3 nitrogen and oxygen atoms in total. The van der Waals surface area contributed by atoms with E-state index >= 15 is 0 Å². The Balaban J connectivity index is 1.86. The Hall–Kier alpha value is -0.100. The standard InChI is InChI=1S/C12H18ClNO2S2/c1-18(15,16)11-4-2-3-9(7-11)14-8-10-5-6-12(13)17-10/h5-6,9,11,14H,2-4,7-8H2,1H3. The lowest BCUT2D eigenvalue weighted by Crippen LogP contribution is -2.38. The van der Waals surface area contributed by atoms with Crippen molar-refractivity contribution in [3.63, 3.8) is 0 Å². The number of nitrogens with one attached hydrogen (secondary N) is 1. The van der Waals surface area contributed by atoms with E-state index in [0.29, 0.717) is 6.04 Å². The molecule has 102 valence electrons. The minimum absolute atomic E-state index is 0.171. The van der Waals surface area contributed by atoms with Crippen LogP contribution in [0.4, 0.5) is 0 Å². The van der Waals surface area contributed by atoms with Gasteiger partial charge in [0.05, 0.1) is 9.59 Å². The van der Waals surface area contributed by atoms with Gasteiger partial charge in [0.1, 0.15) is 9.84 Å². The molecule has 1 aliphatic rings. The van der Waals surface area contributed by atoms with Gasteiger partial charge in [-0.05, 0) is 31.4 Å². The van der Waals surface area contributed by atoms with Crippen LogP contribution in [0, 0.1) is 0 Å². The maximum Gasteiger partial charge on any atom is 0.150 e. The van der Waals surface area contributed by atoms with Gasteiger partial charge in [0, 0.05) is 23.7 Å². The van der Waals surface area contributed by atoms with Crippen molar-refractivity contribution in [1.82, 2.24) is 5.32 Å². The van der Waals surface area contributed by atoms with Crippen LogP contribution in [0.2, 0.25) is 4.34 Å². The molecular weight excluding hydrogens is 290 g/mol. The first-order valence-corrected chi connectivity index (χ1v) is 9.26. The minimum atomic E-state index is -2.90. The number of rotatable bonds is 4. The summed E-state index contributed by atoms with van der Waals surface area (Å²) in [6.45, 7) is 0.776. The molecule has 18 heavy (non-hydrogen) atoms. The number of hydrogen-bond donors (Lipinski definition) is 1. The third-order valence-corrected chi connectivity index (χ3v) is 6.30. The van der Waals surface area contributed by atoms with Crippen molar-refractivity contribution in [3.05, 3.63) is 21.3 Å². The summed E-state index contributed by atoms with van der Waals surface area (Å²) in [4.78, 5) is 1.20.